The Bertz CT molecular complexity index is 272. The lowest BCUT2D eigenvalue weighted by molar-refractivity contribution is 0.181. The third kappa shape index (κ3) is 3.05. The van der Waals surface area contributed by atoms with Crippen LogP contribution in [0.25, 0.3) is 0 Å². The zero-order valence-corrected chi connectivity index (χ0v) is 8.76. The van der Waals surface area contributed by atoms with Crippen molar-refractivity contribution < 1.29 is 9.53 Å². The Hall–Kier alpha value is -0.190. The average Bonchev–Trinajstić information content (AvgIpc) is 2.36. The number of thioether (sulfide) groups is 1. The van der Waals surface area contributed by atoms with Gasteiger partial charge in [0.15, 0.2) is 0 Å². The molecule has 2 nitrogen and oxygen atoms in total. The standard InChI is InChI=1S/C7H7ClO2S2/c1-2-10-7(9)12-6-4-3-5(8)11-6/h3-4H,2H2,1H3. The Morgan fingerprint density at radius 3 is 3.00 bits per heavy atom. The van der Waals surface area contributed by atoms with E-state index in [1.165, 1.54) is 11.3 Å². The highest BCUT2D eigenvalue weighted by Gasteiger charge is 2.06. The predicted octanol–water partition coefficient (Wildman–Crippen LogP) is 3.65. The van der Waals surface area contributed by atoms with Crippen LogP contribution < -0.4 is 0 Å². The van der Waals surface area contributed by atoms with Crippen LogP contribution in [0.1, 0.15) is 6.92 Å². The van der Waals surface area contributed by atoms with Gasteiger partial charge in [-0.3, -0.25) is 0 Å². The summed E-state index contributed by atoms with van der Waals surface area (Å²) in [5.41, 5.74) is 0. The van der Waals surface area contributed by atoms with E-state index < -0.39 is 0 Å². The summed E-state index contributed by atoms with van der Waals surface area (Å²) in [4.78, 5) is 10.9. The van der Waals surface area contributed by atoms with Crippen molar-refractivity contribution in [1.82, 2.24) is 0 Å². The van der Waals surface area contributed by atoms with Gasteiger partial charge < -0.3 is 4.74 Å². The fourth-order valence-corrected chi connectivity index (χ4v) is 2.61. The topological polar surface area (TPSA) is 26.3 Å². The van der Waals surface area contributed by atoms with Crippen molar-refractivity contribution in [3.8, 4) is 0 Å². The summed E-state index contributed by atoms with van der Waals surface area (Å²) in [6.45, 7) is 2.19. The summed E-state index contributed by atoms with van der Waals surface area (Å²) in [6.07, 6.45) is 0. The molecule has 0 saturated heterocycles. The molecule has 66 valence electrons. The highest BCUT2D eigenvalue weighted by molar-refractivity contribution is 8.14. The van der Waals surface area contributed by atoms with Gasteiger partial charge in [0.05, 0.1) is 15.2 Å². The van der Waals surface area contributed by atoms with Crippen LogP contribution in [0, 0.1) is 0 Å². The van der Waals surface area contributed by atoms with E-state index in [2.05, 4.69) is 0 Å². The maximum absolute atomic E-state index is 10.9. The number of thiophene rings is 1. The largest absolute Gasteiger partial charge is 0.458 e. The first-order valence-electron chi connectivity index (χ1n) is 3.32. The predicted molar refractivity (Wildman–Crippen MR) is 52.2 cm³/mol. The van der Waals surface area contributed by atoms with Crippen LogP contribution in [-0.4, -0.2) is 11.9 Å². The Morgan fingerprint density at radius 2 is 2.50 bits per heavy atom. The van der Waals surface area contributed by atoms with Crippen molar-refractivity contribution >= 4 is 40.0 Å². The van der Waals surface area contributed by atoms with Crippen molar-refractivity contribution in [2.24, 2.45) is 0 Å². The third-order valence-electron chi connectivity index (χ3n) is 0.995. The van der Waals surface area contributed by atoms with Crippen LogP contribution in [0.5, 0.6) is 0 Å². The van der Waals surface area contributed by atoms with Gasteiger partial charge in [-0.15, -0.1) is 11.3 Å². The first-order chi connectivity index (χ1) is 5.72. The monoisotopic (exact) mass is 222 g/mol. The molecule has 0 saturated carbocycles. The molecule has 1 rings (SSSR count). The van der Waals surface area contributed by atoms with E-state index in [9.17, 15) is 4.79 Å². The van der Waals surface area contributed by atoms with E-state index in [1.807, 2.05) is 0 Å². The number of halogens is 1. The quantitative estimate of drug-likeness (QED) is 0.565. The lowest BCUT2D eigenvalue weighted by atomic mass is 10.7. The number of hydrogen-bond donors (Lipinski definition) is 0. The van der Waals surface area contributed by atoms with E-state index in [0.29, 0.717) is 10.9 Å². The van der Waals surface area contributed by atoms with Gasteiger partial charge in [-0.05, 0) is 19.1 Å². The Labute approximate surface area is 83.9 Å². The van der Waals surface area contributed by atoms with Crippen molar-refractivity contribution in [2.45, 2.75) is 11.1 Å². The lowest BCUT2D eigenvalue weighted by Crippen LogP contribution is -1.94. The van der Waals surface area contributed by atoms with Gasteiger partial charge in [0, 0.05) is 11.8 Å². The maximum atomic E-state index is 10.9. The average molecular weight is 223 g/mol. The molecule has 0 amide bonds. The van der Waals surface area contributed by atoms with Gasteiger partial charge in [0.1, 0.15) is 0 Å². The minimum absolute atomic E-state index is 0.281. The fraction of sp³-hybridized carbons (Fsp3) is 0.286. The molecule has 0 unspecified atom stereocenters. The molecule has 0 aliphatic heterocycles. The number of carbonyl (C=O) groups excluding carboxylic acids is 1. The molecule has 1 heterocycles. The Kier molecular flexibility index (Phi) is 3.91. The molecule has 1 aromatic heterocycles. The maximum Gasteiger partial charge on any atom is 0.372 e. The van der Waals surface area contributed by atoms with Crippen LogP contribution in [-0.2, 0) is 4.74 Å². The summed E-state index contributed by atoms with van der Waals surface area (Å²) >= 11 is 8.11. The van der Waals surface area contributed by atoms with Gasteiger partial charge in [-0.2, -0.15) is 0 Å². The molecule has 0 radical (unpaired) electrons. The lowest BCUT2D eigenvalue weighted by Gasteiger charge is -1.96. The number of carbonyl (C=O) groups is 1. The molecular formula is C7H7ClO2S2. The fourth-order valence-electron chi connectivity index (χ4n) is 0.582. The smallest absolute Gasteiger partial charge is 0.372 e. The molecule has 0 aliphatic carbocycles. The molecule has 0 spiro atoms. The number of rotatable bonds is 2. The summed E-state index contributed by atoms with van der Waals surface area (Å²) in [7, 11) is 0. The van der Waals surface area contributed by atoms with Crippen molar-refractivity contribution in [1.29, 1.82) is 0 Å². The highest BCUT2D eigenvalue weighted by Crippen LogP contribution is 2.31. The second-order valence-electron chi connectivity index (χ2n) is 1.84. The van der Waals surface area contributed by atoms with E-state index in [4.69, 9.17) is 16.3 Å². The van der Waals surface area contributed by atoms with Crippen LogP contribution >= 0.6 is 34.7 Å². The van der Waals surface area contributed by atoms with Crippen molar-refractivity contribution in [2.75, 3.05) is 6.61 Å². The van der Waals surface area contributed by atoms with Gasteiger partial charge >= 0.3 is 5.30 Å². The molecule has 0 bridgehead atoms. The molecule has 12 heavy (non-hydrogen) atoms. The molecule has 0 aliphatic rings. The minimum atomic E-state index is -0.281. The van der Waals surface area contributed by atoms with Gasteiger partial charge in [-0.25, -0.2) is 4.79 Å². The second-order valence-corrected chi connectivity index (χ2v) is 4.79. The highest BCUT2D eigenvalue weighted by atomic mass is 35.5. The van der Waals surface area contributed by atoms with E-state index >= 15 is 0 Å². The third-order valence-corrected chi connectivity index (χ3v) is 3.14. The zero-order chi connectivity index (χ0) is 8.97. The summed E-state index contributed by atoms with van der Waals surface area (Å²) < 4.78 is 6.28. The summed E-state index contributed by atoms with van der Waals surface area (Å²) in [5.74, 6) is 0. The van der Waals surface area contributed by atoms with Crippen molar-refractivity contribution in [3.05, 3.63) is 16.5 Å². The molecule has 5 heteroatoms. The first kappa shape index (κ1) is 9.89. The first-order valence-corrected chi connectivity index (χ1v) is 5.33. The minimum Gasteiger partial charge on any atom is -0.458 e. The molecule has 0 atom stereocenters. The Balaban J connectivity index is 2.46. The van der Waals surface area contributed by atoms with Crippen LogP contribution in [0.15, 0.2) is 16.3 Å². The van der Waals surface area contributed by atoms with Gasteiger partial charge in [0.2, 0.25) is 0 Å². The number of hydrogen-bond acceptors (Lipinski definition) is 4. The molecule has 0 aromatic carbocycles. The molecular weight excluding hydrogens is 216 g/mol. The number of ether oxygens (including phenoxy) is 1. The van der Waals surface area contributed by atoms with Crippen LogP contribution in [0.2, 0.25) is 4.34 Å². The van der Waals surface area contributed by atoms with Crippen LogP contribution in [0.4, 0.5) is 4.79 Å². The van der Waals surface area contributed by atoms with Crippen molar-refractivity contribution in [3.63, 3.8) is 0 Å². The SMILES string of the molecule is CCOC(=O)Sc1ccc(Cl)s1. The Morgan fingerprint density at radius 1 is 1.75 bits per heavy atom. The van der Waals surface area contributed by atoms with Gasteiger partial charge in [0.25, 0.3) is 0 Å². The normalized spacial score (nSPS) is 9.83. The molecule has 0 fully saturated rings. The summed E-state index contributed by atoms with van der Waals surface area (Å²) in [5, 5.41) is -0.281. The zero-order valence-electron chi connectivity index (χ0n) is 6.37. The van der Waals surface area contributed by atoms with E-state index in [0.717, 1.165) is 16.0 Å². The molecule has 1 aromatic rings. The van der Waals surface area contributed by atoms with E-state index in [1.54, 1.807) is 19.1 Å². The second kappa shape index (κ2) is 4.74. The molecule has 0 N–H and O–H groups in total. The van der Waals surface area contributed by atoms with Crippen LogP contribution in [0.3, 0.4) is 0 Å². The van der Waals surface area contributed by atoms with E-state index in [-0.39, 0.29) is 5.30 Å². The summed E-state index contributed by atoms with van der Waals surface area (Å²) in [6, 6.07) is 3.56. The van der Waals surface area contributed by atoms with Gasteiger partial charge in [-0.1, -0.05) is 11.6 Å².